The van der Waals surface area contributed by atoms with E-state index < -0.39 is 11.8 Å². The second-order valence-electron chi connectivity index (χ2n) is 8.67. The number of hydrazine groups is 1. The number of anilines is 2. The van der Waals surface area contributed by atoms with Crippen LogP contribution in [0.5, 0.6) is 5.75 Å². The number of hydrazone groups is 1. The van der Waals surface area contributed by atoms with Crippen molar-refractivity contribution in [3.05, 3.63) is 113 Å². The Morgan fingerprint density at radius 1 is 0.865 bits per heavy atom. The highest BCUT2D eigenvalue weighted by atomic mass is 16.4. The maximum absolute atomic E-state index is 13.5. The van der Waals surface area contributed by atoms with Gasteiger partial charge in [-0.2, -0.15) is 5.10 Å². The largest absolute Gasteiger partial charge is 0.507 e. The van der Waals surface area contributed by atoms with Crippen molar-refractivity contribution >= 4 is 28.9 Å². The van der Waals surface area contributed by atoms with Gasteiger partial charge in [-0.15, -0.1) is 0 Å². The summed E-state index contributed by atoms with van der Waals surface area (Å²) in [6, 6.07) is 25.3. The summed E-state index contributed by atoms with van der Waals surface area (Å²) in [5, 5.41) is 16.0. The van der Waals surface area contributed by atoms with Crippen molar-refractivity contribution in [3.63, 3.8) is 0 Å². The molecule has 0 saturated heterocycles. The third-order valence-corrected chi connectivity index (χ3v) is 6.22. The van der Waals surface area contributed by atoms with Crippen molar-refractivity contribution < 1.29 is 19.1 Å². The van der Waals surface area contributed by atoms with Gasteiger partial charge in [-0.25, -0.2) is 5.43 Å². The Labute approximate surface area is 214 Å². The first kappa shape index (κ1) is 23.9. The normalized spacial score (nSPS) is 13.6. The lowest BCUT2D eigenvalue weighted by Crippen LogP contribution is -2.39. The zero-order valence-electron chi connectivity index (χ0n) is 20.3. The standard InChI is InChI=1S/C29H26N4O4/c1-19-26-23(30-31-28(35)22-15-8-9-17-24(22)34)16-10-18-25(26)37-27(19)29(36)32-33(20-11-4-2-5-12-20)21-13-6-3-7-14-21/h2-9,11-15,17,34H,10,16,18H2,1H3,(H,31,35)(H,32,36)/b30-23+. The molecule has 0 fully saturated rings. The summed E-state index contributed by atoms with van der Waals surface area (Å²) in [4.78, 5) is 26.0. The van der Waals surface area contributed by atoms with Gasteiger partial charge in [-0.1, -0.05) is 48.5 Å². The summed E-state index contributed by atoms with van der Waals surface area (Å²) in [6.07, 6.45) is 2.05. The number of amides is 2. The number of fused-ring (bicyclic) bond motifs is 1. The first-order chi connectivity index (χ1) is 18.0. The molecule has 2 amide bonds. The molecule has 1 aliphatic rings. The summed E-state index contributed by atoms with van der Waals surface area (Å²) in [7, 11) is 0. The van der Waals surface area contributed by atoms with Crippen molar-refractivity contribution in [2.75, 3.05) is 5.01 Å². The first-order valence-corrected chi connectivity index (χ1v) is 12.0. The van der Waals surface area contributed by atoms with Gasteiger partial charge < -0.3 is 9.52 Å². The second kappa shape index (κ2) is 10.4. The average Bonchev–Trinajstić information content (AvgIpc) is 3.28. The molecule has 3 aromatic carbocycles. The molecule has 37 heavy (non-hydrogen) atoms. The molecule has 8 heteroatoms. The van der Waals surface area contributed by atoms with Gasteiger partial charge in [0.2, 0.25) is 0 Å². The zero-order valence-corrected chi connectivity index (χ0v) is 20.3. The van der Waals surface area contributed by atoms with Gasteiger partial charge in [-0.05, 0) is 56.2 Å². The van der Waals surface area contributed by atoms with Gasteiger partial charge >= 0.3 is 5.91 Å². The fourth-order valence-corrected chi connectivity index (χ4v) is 4.43. The molecular weight excluding hydrogens is 468 g/mol. The number of nitrogens with zero attached hydrogens (tertiary/aromatic N) is 2. The van der Waals surface area contributed by atoms with Crippen LogP contribution in [0.1, 0.15) is 50.6 Å². The number of nitrogens with one attached hydrogen (secondary N) is 2. The van der Waals surface area contributed by atoms with E-state index in [1.807, 2.05) is 67.6 Å². The van der Waals surface area contributed by atoms with Gasteiger partial charge in [0, 0.05) is 17.5 Å². The number of hydrogen-bond acceptors (Lipinski definition) is 6. The van der Waals surface area contributed by atoms with Crippen LogP contribution in [0.3, 0.4) is 0 Å². The Balaban J connectivity index is 1.42. The number of benzene rings is 3. The quantitative estimate of drug-likeness (QED) is 0.318. The minimum Gasteiger partial charge on any atom is -0.507 e. The van der Waals surface area contributed by atoms with Crippen LogP contribution in [-0.4, -0.2) is 22.6 Å². The predicted molar refractivity (Wildman–Crippen MR) is 141 cm³/mol. The number of carbonyl (C=O) groups is 2. The summed E-state index contributed by atoms with van der Waals surface area (Å²) in [5.41, 5.74) is 9.25. The summed E-state index contributed by atoms with van der Waals surface area (Å²) >= 11 is 0. The lowest BCUT2D eigenvalue weighted by molar-refractivity contribution is 0.0921. The summed E-state index contributed by atoms with van der Waals surface area (Å²) in [6.45, 7) is 1.82. The van der Waals surface area contributed by atoms with Crippen LogP contribution >= 0.6 is 0 Å². The van der Waals surface area contributed by atoms with Crippen molar-refractivity contribution in [3.8, 4) is 5.75 Å². The van der Waals surface area contributed by atoms with Crippen LogP contribution in [0.2, 0.25) is 0 Å². The van der Waals surface area contributed by atoms with Gasteiger partial charge in [0.15, 0.2) is 5.76 Å². The maximum Gasteiger partial charge on any atom is 0.306 e. The van der Waals surface area contributed by atoms with Crippen LogP contribution in [0.25, 0.3) is 0 Å². The summed E-state index contributed by atoms with van der Waals surface area (Å²) in [5.74, 6) is -0.168. The van der Waals surface area contributed by atoms with Crippen molar-refractivity contribution in [1.29, 1.82) is 0 Å². The van der Waals surface area contributed by atoms with Gasteiger partial charge in [0.05, 0.1) is 22.6 Å². The molecule has 8 nitrogen and oxygen atoms in total. The highest BCUT2D eigenvalue weighted by molar-refractivity contribution is 6.07. The Morgan fingerprint density at radius 3 is 2.14 bits per heavy atom. The molecule has 4 aromatic rings. The number of phenolic OH excluding ortho intramolecular Hbond substituents is 1. The first-order valence-electron chi connectivity index (χ1n) is 12.0. The van der Waals surface area contributed by atoms with E-state index in [2.05, 4.69) is 16.0 Å². The fraction of sp³-hybridized carbons (Fsp3) is 0.138. The Hall–Kier alpha value is -4.85. The predicted octanol–water partition coefficient (Wildman–Crippen LogP) is 5.25. The molecule has 1 aliphatic carbocycles. The average molecular weight is 495 g/mol. The highest BCUT2D eigenvalue weighted by Crippen LogP contribution is 2.31. The number of aromatic hydroxyl groups is 1. The fourth-order valence-electron chi connectivity index (χ4n) is 4.43. The summed E-state index contributed by atoms with van der Waals surface area (Å²) < 4.78 is 6.04. The Morgan fingerprint density at radius 2 is 1.49 bits per heavy atom. The topological polar surface area (TPSA) is 107 Å². The van der Waals surface area contributed by atoms with E-state index in [9.17, 15) is 14.7 Å². The monoisotopic (exact) mass is 494 g/mol. The van der Waals surface area contributed by atoms with E-state index in [1.54, 1.807) is 17.1 Å². The molecule has 5 rings (SSSR count). The Bertz CT molecular complexity index is 1420. The molecule has 3 N–H and O–H groups in total. The van der Waals surface area contributed by atoms with E-state index in [0.717, 1.165) is 23.4 Å². The van der Waals surface area contributed by atoms with Crippen LogP contribution < -0.4 is 15.9 Å². The number of hydrogen-bond donors (Lipinski definition) is 3. The van der Waals surface area contributed by atoms with E-state index in [0.29, 0.717) is 29.9 Å². The van der Waals surface area contributed by atoms with Gasteiger partial charge in [-0.3, -0.25) is 20.0 Å². The SMILES string of the molecule is Cc1c(C(=O)NN(c2ccccc2)c2ccccc2)oc2c1/C(=N/NC(=O)c1ccccc1O)CCC2. The molecule has 0 saturated carbocycles. The molecule has 186 valence electrons. The van der Waals surface area contributed by atoms with E-state index >= 15 is 0 Å². The van der Waals surface area contributed by atoms with Crippen LogP contribution in [0.15, 0.2) is 94.4 Å². The number of aryl methyl sites for hydroxylation is 1. The molecule has 1 heterocycles. The second-order valence-corrected chi connectivity index (χ2v) is 8.67. The molecule has 0 atom stereocenters. The van der Waals surface area contributed by atoms with E-state index in [-0.39, 0.29) is 17.1 Å². The van der Waals surface area contributed by atoms with Gasteiger partial charge in [0.1, 0.15) is 11.5 Å². The minimum absolute atomic E-state index is 0.121. The maximum atomic E-state index is 13.5. The van der Waals surface area contributed by atoms with Crippen molar-refractivity contribution in [1.82, 2.24) is 10.9 Å². The number of rotatable bonds is 6. The van der Waals surface area contributed by atoms with Crippen LogP contribution in [-0.2, 0) is 6.42 Å². The number of furan rings is 1. The molecule has 0 unspecified atom stereocenters. The van der Waals surface area contributed by atoms with E-state index in [1.165, 1.54) is 12.1 Å². The molecule has 0 aliphatic heterocycles. The van der Waals surface area contributed by atoms with Crippen molar-refractivity contribution in [2.24, 2.45) is 5.10 Å². The van der Waals surface area contributed by atoms with E-state index in [4.69, 9.17) is 4.42 Å². The lowest BCUT2D eigenvalue weighted by atomic mass is 9.93. The van der Waals surface area contributed by atoms with Crippen LogP contribution in [0.4, 0.5) is 11.4 Å². The lowest BCUT2D eigenvalue weighted by Gasteiger charge is -2.25. The number of para-hydroxylation sites is 3. The molecule has 0 bridgehead atoms. The third-order valence-electron chi connectivity index (χ3n) is 6.22. The number of phenols is 1. The highest BCUT2D eigenvalue weighted by Gasteiger charge is 2.29. The van der Waals surface area contributed by atoms with Crippen molar-refractivity contribution in [2.45, 2.75) is 26.2 Å². The molecular formula is C29H26N4O4. The smallest absolute Gasteiger partial charge is 0.306 e. The minimum atomic E-state index is -0.516. The molecule has 0 radical (unpaired) electrons. The molecule has 1 aromatic heterocycles. The van der Waals surface area contributed by atoms with Gasteiger partial charge in [0.25, 0.3) is 5.91 Å². The third kappa shape index (κ3) is 4.95. The van der Waals surface area contributed by atoms with Crippen LogP contribution in [0, 0.1) is 6.92 Å². The Kier molecular flexibility index (Phi) is 6.72. The number of carbonyl (C=O) groups excluding carboxylic acids is 2. The molecule has 0 spiro atoms. The zero-order chi connectivity index (χ0) is 25.8.